The molecule has 0 saturated carbocycles. The van der Waals surface area contributed by atoms with Crippen LogP contribution in [0.3, 0.4) is 0 Å². The summed E-state index contributed by atoms with van der Waals surface area (Å²) in [6.07, 6.45) is 0. The molecule has 0 aromatic rings. The fourth-order valence-electron chi connectivity index (χ4n) is 0. The fourth-order valence-corrected chi connectivity index (χ4v) is 0. The van der Waals surface area contributed by atoms with Crippen LogP contribution in [-0.2, 0) is 0 Å². The fraction of sp³-hybridized carbons (Fsp3) is 1.00. The van der Waals surface area contributed by atoms with Gasteiger partial charge in [-0.1, -0.05) is 0 Å². The molecule has 0 amide bonds. The Labute approximate surface area is 82.2 Å². The first-order valence-electron chi connectivity index (χ1n) is 2.50. The van der Waals surface area contributed by atoms with Crippen molar-refractivity contribution in [2.45, 2.75) is 11.8 Å². The largest absolute Gasteiger partial charge is 0.400 e. The van der Waals surface area contributed by atoms with E-state index in [-0.39, 0.29) is 4.84 Å². The number of aliphatic hydroxyl groups is 1. The lowest BCUT2D eigenvalue weighted by Crippen LogP contribution is -1.63. The molecule has 0 bridgehead atoms. The predicted molar refractivity (Wildman–Crippen MR) is 50.8 cm³/mol. The molecule has 0 aromatic carbocycles. The van der Waals surface area contributed by atoms with E-state index in [1.54, 1.807) is 6.92 Å². The normalized spacial score (nSPS) is 7.20. The van der Waals surface area contributed by atoms with E-state index in [1.807, 2.05) is 0 Å². The van der Waals surface area contributed by atoms with E-state index >= 15 is 0 Å². The van der Waals surface area contributed by atoms with Crippen molar-refractivity contribution in [3.8, 4) is 0 Å². The van der Waals surface area contributed by atoms with Crippen LogP contribution in [0.5, 0.6) is 0 Å². The second-order valence-electron chi connectivity index (χ2n) is 0.897. The second kappa shape index (κ2) is 22.5. The topological polar surface area (TPSA) is 20.2 Å². The third kappa shape index (κ3) is 134. The highest BCUT2D eigenvalue weighted by Gasteiger charge is 1.75. The third-order valence-corrected chi connectivity index (χ3v) is 0.643. The maximum absolute atomic E-state index is 7.00. The van der Waals surface area contributed by atoms with E-state index in [0.717, 1.165) is 7.11 Å². The summed E-state index contributed by atoms with van der Waals surface area (Å²) in [7, 11) is 1.00. The SMILES string of the molecule is CC(Cl)Cl.CO.ClCCCl. The van der Waals surface area contributed by atoms with Gasteiger partial charge in [0.1, 0.15) is 4.84 Å². The Morgan fingerprint density at radius 1 is 1.10 bits per heavy atom. The van der Waals surface area contributed by atoms with Gasteiger partial charge in [-0.2, -0.15) is 0 Å². The Morgan fingerprint density at radius 3 is 1.20 bits per heavy atom. The quantitative estimate of drug-likeness (QED) is 0.686. The van der Waals surface area contributed by atoms with Gasteiger partial charge in [0.2, 0.25) is 0 Å². The van der Waals surface area contributed by atoms with E-state index in [1.165, 1.54) is 0 Å². The highest BCUT2D eigenvalue weighted by atomic mass is 35.5. The maximum Gasteiger partial charge on any atom is 0.105 e. The molecule has 5 heteroatoms. The van der Waals surface area contributed by atoms with Crippen LogP contribution in [-0.4, -0.2) is 28.8 Å². The van der Waals surface area contributed by atoms with E-state index in [2.05, 4.69) is 0 Å². The van der Waals surface area contributed by atoms with Gasteiger partial charge in [-0.3, -0.25) is 0 Å². The second-order valence-corrected chi connectivity index (χ2v) is 3.19. The molecular weight excluding hydrogens is 218 g/mol. The summed E-state index contributed by atoms with van der Waals surface area (Å²) in [4.78, 5) is -0.222. The zero-order valence-electron chi connectivity index (χ0n) is 5.95. The van der Waals surface area contributed by atoms with Gasteiger partial charge in [-0.15, -0.1) is 46.4 Å². The van der Waals surface area contributed by atoms with Gasteiger partial charge in [0.25, 0.3) is 0 Å². The number of aliphatic hydroxyl groups excluding tert-OH is 1. The van der Waals surface area contributed by atoms with Crippen molar-refractivity contribution in [2.24, 2.45) is 0 Å². The van der Waals surface area contributed by atoms with Crippen molar-refractivity contribution in [3.05, 3.63) is 0 Å². The molecule has 1 nitrogen and oxygen atoms in total. The number of hydrogen-bond acceptors (Lipinski definition) is 1. The predicted octanol–water partition coefficient (Wildman–Crippen LogP) is 2.88. The lowest BCUT2D eigenvalue weighted by Gasteiger charge is -1.72. The average molecular weight is 230 g/mol. The van der Waals surface area contributed by atoms with Gasteiger partial charge < -0.3 is 5.11 Å². The molecule has 0 heterocycles. The van der Waals surface area contributed by atoms with Gasteiger partial charge in [0.15, 0.2) is 0 Å². The van der Waals surface area contributed by atoms with E-state index < -0.39 is 0 Å². The van der Waals surface area contributed by atoms with E-state index in [0.29, 0.717) is 11.8 Å². The van der Waals surface area contributed by atoms with Crippen molar-refractivity contribution in [3.63, 3.8) is 0 Å². The van der Waals surface area contributed by atoms with Crippen LogP contribution in [0.25, 0.3) is 0 Å². The van der Waals surface area contributed by atoms with Crippen molar-refractivity contribution in [2.75, 3.05) is 18.9 Å². The van der Waals surface area contributed by atoms with Gasteiger partial charge in [0.05, 0.1) is 0 Å². The van der Waals surface area contributed by atoms with Gasteiger partial charge in [-0.25, -0.2) is 0 Å². The molecule has 0 atom stereocenters. The molecular formula is C5H12Cl4O. The Morgan fingerprint density at radius 2 is 1.20 bits per heavy atom. The van der Waals surface area contributed by atoms with Crippen molar-refractivity contribution in [1.82, 2.24) is 0 Å². The molecule has 0 aromatic heterocycles. The number of halogens is 4. The van der Waals surface area contributed by atoms with Crippen molar-refractivity contribution >= 4 is 46.4 Å². The van der Waals surface area contributed by atoms with Crippen LogP contribution < -0.4 is 0 Å². The molecule has 10 heavy (non-hydrogen) atoms. The van der Waals surface area contributed by atoms with Crippen molar-refractivity contribution in [1.29, 1.82) is 0 Å². The Bertz CT molecular complexity index is 30.1. The van der Waals surface area contributed by atoms with Crippen LogP contribution in [0, 0.1) is 0 Å². The molecule has 0 saturated heterocycles. The minimum atomic E-state index is -0.222. The first-order valence-corrected chi connectivity index (χ1v) is 4.44. The molecule has 0 fully saturated rings. The molecule has 0 aliphatic carbocycles. The summed E-state index contributed by atoms with van der Waals surface area (Å²) >= 11 is 20.2. The van der Waals surface area contributed by atoms with Crippen LogP contribution in [0.1, 0.15) is 6.92 Å². The summed E-state index contributed by atoms with van der Waals surface area (Å²) < 4.78 is 0. The molecule has 66 valence electrons. The highest BCUT2D eigenvalue weighted by molar-refractivity contribution is 6.43. The van der Waals surface area contributed by atoms with E-state index in [4.69, 9.17) is 51.5 Å². The summed E-state index contributed by atoms with van der Waals surface area (Å²) in [5, 5.41) is 7.00. The first-order chi connectivity index (χ1) is 4.65. The third-order valence-electron chi connectivity index (χ3n) is 0.0714. The lowest BCUT2D eigenvalue weighted by molar-refractivity contribution is 0.399. The standard InChI is InChI=1S/2C2H4Cl2.CH4O/c1-2(3)4;3-1-2-4;1-2/h2H,1H3;1-2H2;2H,1H3. The Balaban J connectivity index is -0.0000000787. The van der Waals surface area contributed by atoms with Crippen LogP contribution in [0.15, 0.2) is 0 Å². The number of hydrogen-bond donors (Lipinski definition) is 1. The highest BCUT2D eigenvalue weighted by Crippen LogP contribution is 1.95. The molecule has 0 aliphatic rings. The minimum absolute atomic E-state index is 0.222. The monoisotopic (exact) mass is 228 g/mol. The smallest absolute Gasteiger partial charge is 0.105 e. The summed E-state index contributed by atoms with van der Waals surface area (Å²) in [6, 6.07) is 0. The summed E-state index contributed by atoms with van der Waals surface area (Å²) in [6.45, 7) is 1.70. The van der Waals surface area contributed by atoms with Gasteiger partial charge in [0, 0.05) is 18.9 Å². The summed E-state index contributed by atoms with van der Waals surface area (Å²) in [5.74, 6) is 1.11. The zero-order chi connectivity index (χ0) is 8.99. The molecule has 0 aliphatic heterocycles. The summed E-state index contributed by atoms with van der Waals surface area (Å²) in [5.41, 5.74) is 0. The first kappa shape index (κ1) is 17.3. The minimum Gasteiger partial charge on any atom is -0.400 e. The Hall–Kier alpha value is 1.12. The Kier molecular flexibility index (Phi) is 38.8. The number of rotatable bonds is 1. The molecule has 0 unspecified atom stereocenters. The molecule has 0 spiro atoms. The van der Waals surface area contributed by atoms with Crippen LogP contribution in [0.2, 0.25) is 0 Å². The number of alkyl halides is 4. The van der Waals surface area contributed by atoms with E-state index in [9.17, 15) is 0 Å². The van der Waals surface area contributed by atoms with Crippen molar-refractivity contribution < 1.29 is 5.11 Å². The maximum atomic E-state index is 7.00. The van der Waals surface area contributed by atoms with Gasteiger partial charge in [-0.05, 0) is 6.92 Å². The molecule has 0 radical (unpaired) electrons. The van der Waals surface area contributed by atoms with Crippen LogP contribution in [0.4, 0.5) is 0 Å². The molecule has 0 rings (SSSR count). The zero-order valence-corrected chi connectivity index (χ0v) is 8.97. The van der Waals surface area contributed by atoms with Gasteiger partial charge >= 0.3 is 0 Å². The lowest BCUT2D eigenvalue weighted by atomic mass is 11.0. The average Bonchev–Trinajstić information content (AvgIpc) is 1.91. The van der Waals surface area contributed by atoms with Crippen LogP contribution >= 0.6 is 46.4 Å². The molecule has 1 N–H and O–H groups in total.